The molecule has 2 atom stereocenters. The van der Waals surface area contributed by atoms with Crippen molar-refractivity contribution in [3.63, 3.8) is 0 Å². The second kappa shape index (κ2) is 23.8. The van der Waals surface area contributed by atoms with Crippen LogP contribution < -0.4 is 24.8 Å². The molecule has 0 fully saturated rings. The zero-order chi connectivity index (χ0) is 44.2. The highest BCUT2D eigenvalue weighted by atomic mass is 35.5. The molecule has 0 spiro atoms. The zero-order valence-corrected chi connectivity index (χ0v) is 40.7. The summed E-state index contributed by atoms with van der Waals surface area (Å²) >= 11 is 0. The molecule has 0 N–H and O–H groups in total. The van der Waals surface area contributed by atoms with Crippen LogP contribution in [0.4, 0.5) is 0 Å². The Hall–Kier alpha value is -4.08. The first-order valence-electron chi connectivity index (χ1n) is 20.2. The van der Waals surface area contributed by atoms with E-state index in [0.29, 0.717) is 33.0 Å². The molecule has 2 unspecified atom stereocenters. The average Bonchev–Trinajstić information content (AvgIpc) is 3.05. The SMILES string of the molecule is CC1=C(/C=C/C(C)=C/C=C/C(C)=C/C=C/C=C(C)/C=C/C=C(C)/C=C/C2=C(C)C(=O)C(OC(=O)C[N+](C)(C)C)CC2(C)C)C(C)(C)CC(OC(=O)C[N+](C)(C)C)C1=O.[Cl-].[Cl-]. The van der Waals surface area contributed by atoms with E-state index in [1.54, 1.807) is 0 Å². The predicted molar refractivity (Wildman–Crippen MR) is 238 cm³/mol. The van der Waals surface area contributed by atoms with E-state index < -0.39 is 12.2 Å². The maximum Gasteiger partial charge on any atom is 0.362 e. The third kappa shape index (κ3) is 19.1. The number of carbonyl (C=O) groups excluding carboxylic acids is 4. The molecule has 0 saturated carbocycles. The highest BCUT2D eigenvalue weighted by Crippen LogP contribution is 2.42. The lowest BCUT2D eigenvalue weighted by molar-refractivity contribution is -0.862. The molecule has 0 aromatic carbocycles. The topological polar surface area (TPSA) is 86.7 Å². The van der Waals surface area contributed by atoms with Gasteiger partial charge < -0.3 is 43.3 Å². The normalized spacial score (nSPS) is 21.1. The van der Waals surface area contributed by atoms with Crippen LogP contribution in [-0.2, 0) is 28.7 Å². The molecular weight excluding hydrogens is 795 g/mol. The summed E-state index contributed by atoms with van der Waals surface area (Å²) < 4.78 is 12.2. The van der Waals surface area contributed by atoms with Crippen molar-refractivity contribution in [2.75, 3.05) is 55.4 Å². The molecule has 2 aliphatic carbocycles. The maximum atomic E-state index is 13.1. The second-order valence-electron chi connectivity index (χ2n) is 19.2. The van der Waals surface area contributed by atoms with Gasteiger partial charge in [0.1, 0.15) is 0 Å². The van der Waals surface area contributed by atoms with Crippen LogP contribution in [0, 0.1) is 10.8 Å². The number of Topliss-reactive ketones (excluding diaryl/α,β-unsaturated/α-hetero) is 2. The molecule has 0 amide bonds. The molecule has 0 saturated heterocycles. The molecule has 0 aromatic heterocycles. The number of quaternary nitrogens is 2. The lowest BCUT2D eigenvalue weighted by atomic mass is 9.71. The van der Waals surface area contributed by atoms with Crippen molar-refractivity contribution in [1.82, 2.24) is 0 Å². The Kier molecular flexibility index (Phi) is 22.2. The first-order valence-corrected chi connectivity index (χ1v) is 20.2. The highest BCUT2D eigenvalue weighted by Gasteiger charge is 2.41. The quantitative estimate of drug-likeness (QED) is 0.135. The van der Waals surface area contributed by atoms with E-state index in [2.05, 4.69) is 52.0 Å². The van der Waals surface area contributed by atoms with Gasteiger partial charge in [0.05, 0.1) is 42.3 Å². The van der Waals surface area contributed by atoms with Crippen LogP contribution in [0.15, 0.2) is 130 Å². The van der Waals surface area contributed by atoms with Crippen molar-refractivity contribution in [3.8, 4) is 0 Å². The van der Waals surface area contributed by atoms with Crippen LogP contribution in [-0.4, -0.2) is 100 Å². The van der Waals surface area contributed by atoms with Crippen molar-refractivity contribution in [2.45, 2.75) is 94.3 Å². The van der Waals surface area contributed by atoms with E-state index in [-0.39, 0.29) is 72.2 Å². The summed E-state index contributed by atoms with van der Waals surface area (Å²) in [4.78, 5) is 51.2. The fourth-order valence-electron chi connectivity index (χ4n) is 6.92. The molecule has 2 aliphatic rings. The van der Waals surface area contributed by atoms with E-state index >= 15 is 0 Å². The summed E-state index contributed by atoms with van der Waals surface area (Å²) in [5.74, 6) is -0.958. The molecule has 0 aliphatic heterocycles. The molecule has 332 valence electrons. The minimum absolute atomic E-state index is 0. The molecule has 2 rings (SSSR count). The van der Waals surface area contributed by atoms with Crippen LogP contribution in [0.25, 0.3) is 0 Å². The Morgan fingerprint density at radius 2 is 0.833 bits per heavy atom. The van der Waals surface area contributed by atoms with E-state index in [9.17, 15) is 19.2 Å². The average molecular weight is 868 g/mol. The number of likely N-dealkylation sites (N-methyl/N-ethyl adjacent to an activating group) is 2. The van der Waals surface area contributed by atoms with Gasteiger partial charge in [-0.05, 0) is 74.7 Å². The Balaban J connectivity index is 0.0000174. The zero-order valence-electron chi connectivity index (χ0n) is 39.2. The summed E-state index contributed by atoms with van der Waals surface area (Å²) in [6.45, 7) is 20.6. The molecule has 0 heterocycles. The van der Waals surface area contributed by atoms with E-state index in [1.165, 1.54) is 0 Å². The summed E-state index contributed by atoms with van der Waals surface area (Å²) in [5.41, 5.74) is 6.88. The van der Waals surface area contributed by atoms with Crippen molar-refractivity contribution in [2.24, 2.45) is 10.8 Å². The summed E-state index contributed by atoms with van der Waals surface area (Å²) in [6.07, 6.45) is 27.8. The predicted octanol–water partition coefficient (Wildman–Crippen LogP) is 3.43. The number of carbonyl (C=O) groups is 4. The van der Waals surface area contributed by atoms with Crippen LogP contribution in [0.1, 0.15) is 82.1 Å². The number of halogens is 2. The molecule has 0 bridgehead atoms. The van der Waals surface area contributed by atoms with Crippen molar-refractivity contribution < 1.29 is 62.4 Å². The summed E-state index contributed by atoms with van der Waals surface area (Å²) in [7, 11) is 11.5. The Labute approximate surface area is 374 Å². The van der Waals surface area contributed by atoms with Crippen molar-refractivity contribution in [1.29, 1.82) is 0 Å². The first-order chi connectivity index (χ1) is 26.6. The fraction of sp³-hybridized carbons (Fsp3) is 0.480. The number of allylic oxidation sites excluding steroid dienone is 20. The van der Waals surface area contributed by atoms with Gasteiger partial charge in [0.2, 0.25) is 0 Å². The van der Waals surface area contributed by atoms with E-state index in [4.69, 9.17) is 9.47 Å². The van der Waals surface area contributed by atoms with Gasteiger partial charge in [0.25, 0.3) is 0 Å². The van der Waals surface area contributed by atoms with Crippen LogP contribution in [0.5, 0.6) is 0 Å². The minimum Gasteiger partial charge on any atom is -1.00 e. The van der Waals surface area contributed by atoms with Gasteiger partial charge in [0.15, 0.2) is 36.9 Å². The minimum atomic E-state index is -0.752. The molecule has 60 heavy (non-hydrogen) atoms. The number of nitrogens with zero attached hydrogens (tertiary/aromatic N) is 2. The van der Waals surface area contributed by atoms with Gasteiger partial charge in [-0.15, -0.1) is 0 Å². The monoisotopic (exact) mass is 866 g/mol. The van der Waals surface area contributed by atoms with Crippen molar-refractivity contribution in [3.05, 3.63) is 130 Å². The number of rotatable bonds is 16. The first kappa shape index (κ1) is 55.9. The Morgan fingerprint density at radius 3 is 1.13 bits per heavy atom. The number of hydrogen-bond donors (Lipinski definition) is 0. The smallest absolute Gasteiger partial charge is 0.362 e. The number of ketones is 2. The van der Waals surface area contributed by atoms with Gasteiger partial charge in [-0.1, -0.05) is 135 Å². The van der Waals surface area contributed by atoms with E-state index in [1.807, 2.05) is 145 Å². The van der Waals surface area contributed by atoms with Gasteiger partial charge in [0, 0.05) is 12.8 Å². The standard InChI is InChI=1S/C50H72N2O6.2ClH/c1-35(23-19-25-37(3)27-29-41-39(5)47(55)43(31-49(41,7)8)57-45(53)33-51(11,12)13)21-17-18-22-36(2)24-20-26-38(4)28-30-42-40(6)48(56)44(32-50(42,9)10)58-46(54)34-52(14,15)16;;/h17-30,43-44H,31-34H2,1-16H3;2*1H/q+2;;/p-2/b18-17+,23-19+,24-20+,29-27+,30-28+,35-21+,36-22+,37-25+,38-26+;;. The van der Waals surface area contributed by atoms with Crippen LogP contribution in [0.3, 0.4) is 0 Å². The Morgan fingerprint density at radius 1 is 0.550 bits per heavy atom. The highest BCUT2D eigenvalue weighted by molar-refractivity contribution is 6.02. The van der Waals surface area contributed by atoms with Gasteiger partial charge in [-0.25, -0.2) is 9.59 Å². The maximum absolute atomic E-state index is 13.1. The third-order valence-electron chi connectivity index (χ3n) is 10.0. The molecule has 0 aromatic rings. The largest absolute Gasteiger partial charge is 1.00 e. The van der Waals surface area contributed by atoms with Gasteiger partial charge in [-0.3, -0.25) is 9.59 Å². The van der Waals surface area contributed by atoms with E-state index in [0.717, 1.165) is 33.4 Å². The van der Waals surface area contributed by atoms with Crippen LogP contribution >= 0.6 is 0 Å². The fourth-order valence-corrected chi connectivity index (χ4v) is 6.92. The lowest BCUT2D eigenvalue weighted by Gasteiger charge is -2.36. The second-order valence-corrected chi connectivity index (χ2v) is 19.2. The number of hydrogen-bond acceptors (Lipinski definition) is 6. The third-order valence-corrected chi connectivity index (χ3v) is 10.0. The van der Waals surface area contributed by atoms with Gasteiger partial charge in [-0.2, -0.15) is 0 Å². The van der Waals surface area contributed by atoms with Crippen LogP contribution in [0.2, 0.25) is 0 Å². The van der Waals surface area contributed by atoms with Crippen molar-refractivity contribution >= 4 is 23.5 Å². The number of esters is 2. The summed E-state index contributed by atoms with van der Waals surface area (Å²) in [6, 6.07) is 0. The number of ether oxygens (including phenoxy) is 2. The Bertz CT molecular complexity index is 1790. The lowest BCUT2D eigenvalue weighted by Crippen LogP contribution is -3.00. The van der Waals surface area contributed by atoms with Gasteiger partial charge >= 0.3 is 11.9 Å². The molecule has 10 heteroatoms. The molecule has 8 nitrogen and oxygen atoms in total. The summed E-state index contributed by atoms with van der Waals surface area (Å²) in [5, 5.41) is 0. The molecule has 0 radical (unpaired) electrons. The molecular formula is C50H72Cl2N2O6.